The molecular formula is C15H19N5OS. The van der Waals surface area contributed by atoms with Crippen molar-refractivity contribution in [1.82, 2.24) is 20.3 Å². The highest BCUT2D eigenvalue weighted by Gasteiger charge is 2.03. The van der Waals surface area contributed by atoms with E-state index in [1.54, 1.807) is 29.8 Å². The molecule has 2 rings (SSSR count). The lowest BCUT2D eigenvalue weighted by molar-refractivity contribution is -0.116. The average Bonchev–Trinajstić information content (AvgIpc) is 2.82. The molecule has 0 atom stereocenters. The van der Waals surface area contributed by atoms with E-state index >= 15 is 0 Å². The summed E-state index contributed by atoms with van der Waals surface area (Å²) in [5.41, 5.74) is 7.22. The van der Waals surface area contributed by atoms with Crippen molar-refractivity contribution in [3.8, 4) is 0 Å². The van der Waals surface area contributed by atoms with Crippen molar-refractivity contribution >= 4 is 29.3 Å². The van der Waals surface area contributed by atoms with Gasteiger partial charge in [-0.1, -0.05) is 0 Å². The molecule has 7 heteroatoms. The van der Waals surface area contributed by atoms with Crippen molar-refractivity contribution in [2.45, 2.75) is 26.7 Å². The first-order valence-electron chi connectivity index (χ1n) is 7.01. The van der Waals surface area contributed by atoms with Gasteiger partial charge in [0.25, 0.3) is 0 Å². The maximum atomic E-state index is 11.7. The van der Waals surface area contributed by atoms with Gasteiger partial charge < -0.3 is 11.1 Å². The summed E-state index contributed by atoms with van der Waals surface area (Å²) in [4.78, 5) is 25.1. The lowest BCUT2D eigenvalue weighted by Gasteiger charge is -2.00. The Morgan fingerprint density at radius 1 is 1.36 bits per heavy atom. The van der Waals surface area contributed by atoms with Gasteiger partial charge in [0.2, 0.25) is 11.9 Å². The molecule has 116 valence electrons. The first-order chi connectivity index (χ1) is 10.5. The van der Waals surface area contributed by atoms with E-state index in [-0.39, 0.29) is 11.9 Å². The summed E-state index contributed by atoms with van der Waals surface area (Å²) < 4.78 is 0. The number of hydrogen-bond acceptors (Lipinski definition) is 6. The fraction of sp³-hybridized carbons (Fsp3) is 0.333. The molecule has 0 aliphatic heterocycles. The number of aryl methyl sites for hydroxylation is 3. The molecule has 0 bridgehead atoms. The van der Waals surface area contributed by atoms with E-state index in [4.69, 9.17) is 5.73 Å². The summed E-state index contributed by atoms with van der Waals surface area (Å²) in [5.74, 6) is 0.0811. The lowest BCUT2D eigenvalue weighted by Crippen LogP contribution is -2.22. The SMILES string of the molecule is Cc1nc(CCCNC(=O)C=Cc2cnc(N)nc2)sc1C. The smallest absolute Gasteiger partial charge is 0.244 e. The van der Waals surface area contributed by atoms with Crippen LogP contribution in [0.2, 0.25) is 0 Å². The molecule has 2 aromatic rings. The van der Waals surface area contributed by atoms with Crippen molar-refractivity contribution in [3.05, 3.63) is 39.6 Å². The van der Waals surface area contributed by atoms with E-state index in [2.05, 4.69) is 27.2 Å². The molecule has 2 aromatic heterocycles. The molecule has 0 unspecified atom stereocenters. The van der Waals surface area contributed by atoms with Crippen LogP contribution < -0.4 is 11.1 Å². The van der Waals surface area contributed by atoms with Gasteiger partial charge in [-0.2, -0.15) is 0 Å². The number of thiazole rings is 1. The largest absolute Gasteiger partial charge is 0.368 e. The summed E-state index contributed by atoms with van der Waals surface area (Å²) in [6, 6.07) is 0. The van der Waals surface area contributed by atoms with Crippen molar-refractivity contribution < 1.29 is 4.79 Å². The van der Waals surface area contributed by atoms with Crippen LogP contribution in [0.1, 0.15) is 27.6 Å². The highest BCUT2D eigenvalue weighted by Crippen LogP contribution is 2.17. The highest BCUT2D eigenvalue weighted by atomic mass is 32.1. The predicted molar refractivity (Wildman–Crippen MR) is 88.4 cm³/mol. The maximum Gasteiger partial charge on any atom is 0.244 e. The minimum Gasteiger partial charge on any atom is -0.368 e. The van der Waals surface area contributed by atoms with Crippen LogP contribution in [0.25, 0.3) is 6.08 Å². The number of carbonyl (C=O) groups is 1. The molecule has 0 saturated heterocycles. The Morgan fingerprint density at radius 2 is 2.09 bits per heavy atom. The van der Waals surface area contributed by atoms with E-state index in [0.717, 1.165) is 29.1 Å². The first-order valence-corrected chi connectivity index (χ1v) is 7.82. The Labute approximate surface area is 133 Å². The van der Waals surface area contributed by atoms with Gasteiger partial charge in [0.15, 0.2) is 0 Å². The number of amides is 1. The quantitative estimate of drug-likeness (QED) is 0.627. The molecule has 3 N–H and O–H groups in total. The number of anilines is 1. The molecular weight excluding hydrogens is 298 g/mol. The maximum absolute atomic E-state index is 11.7. The van der Waals surface area contributed by atoms with Gasteiger partial charge >= 0.3 is 0 Å². The van der Waals surface area contributed by atoms with Gasteiger partial charge in [-0.15, -0.1) is 11.3 Å². The molecule has 6 nitrogen and oxygen atoms in total. The van der Waals surface area contributed by atoms with Gasteiger partial charge in [-0.05, 0) is 26.3 Å². The molecule has 2 heterocycles. The second-order valence-electron chi connectivity index (χ2n) is 4.85. The fourth-order valence-corrected chi connectivity index (χ4v) is 2.74. The summed E-state index contributed by atoms with van der Waals surface area (Å²) in [6.07, 6.45) is 8.01. The van der Waals surface area contributed by atoms with Crippen molar-refractivity contribution in [2.24, 2.45) is 0 Å². The Bertz CT molecular complexity index is 644. The van der Waals surface area contributed by atoms with Crippen LogP contribution in [0.15, 0.2) is 18.5 Å². The second-order valence-corrected chi connectivity index (χ2v) is 6.14. The Morgan fingerprint density at radius 3 is 2.73 bits per heavy atom. The third kappa shape index (κ3) is 4.92. The fourth-order valence-electron chi connectivity index (χ4n) is 1.76. The van der Waals surface area contributed by atoms with Crippen LogP contribution in [0.5, 0.6) is 0 Å². The minimum atomic E-state index is -0.136. The Balaban J connectivity index is 1.70. The number of rotatable bonds is 6. The number of carbonyl (C=O) groups excluding carboxylic acids is 1. The van der Waals surface area contributed by atoms with E-state index in [1.165, 1.54) is 11.0 Å². The van der Waals surface area contributed by atoms with Gasteiger partial charge in [0, 0.05) is 41.9 Å². The monoisotopic (exact) mass is 317 g/mol. The number of nitrogen functional groups attached to an aromatic ring is 1. The van der Waals surface area contributed by atoms with E-state index in [9.17, 15) is 4.79 Å². The first kappa shape index (κ1) is 16.1. The predicted octanol–water partition coefficient (Wildman–Crippen LogP) is 1.89. The highest BCUT2D eigenvalue weighted by molar-refractivity contribution is 7.11. The van der Waals surface area contributed by atoms with Crippen LogP contribution in [0.3, 0.4) is 0 Å². The van der Waals surface area contributed by atoms with Crippen LogP contribution in [0, 0.1) is 13.8 Å². The van der Waals surface area contributed by atoms with Gasteiger partial charge in [0.1, 0.15) is 0 Å². The topological polar surface area (TPSA) is 93.8 Å². The van der Waals surface area contributed by atoms with E-state index in [1.807, 2.05) is 6.92 Å². The number of nitrogens with two attached hydrogens (primary N) is 1. The average molecular weight is 317 g/mol. The molecule has 0 aliphatic carbocycles. The van der Waals surface area contributed by atoms with Crippen molar-refractivity contribution in [3.63, 3.8) is 0 Å². The summed E-state index contributed by atoms with van der Waals surface area (Å²) in [5, 5.41) is 3.97. The molecule has 0 fully saturated rings. The normalized spacial score (nSPS) is 11.0. The molecule has 1 amide bonds. The molecule has 22 heavy (non-hydrogen) atoms. The number of nitrogens with zero attached hydrogens (tertiary/aromatic N) is 3. The molecule has 0 aliphatic rings. The molecule has 0 spiro atoms. The van der Waals surface area contributed by atoms with Crippen LogP contribution in [-0.4, -0.2) is 27.4 Å². The number of nitrogens with one attached hydrogen (secondary N) is 1. The Hall–Kier alpha value is -2.28. The zero-order valence-corrected chi connectivity index (χ0v) is 13.5. The standard InChI is InChI=1S/C15H19N5OS/c1-10-11(2)22-14(20-10)4-3-7-17-13(21)6-5-12-8-18-15(16)19-9-12/h5-6,8-9H,3-4,7H2,1-2H3,(H,17,21)(H2,16,18,19). The number of hydrogen-bond donors (Lipinski definition) is 2. The second kappa shape index (κ2) is 7.65. The van der Waals surface area contributed by atoms with Gasteiger partial charge in [-0.3, -0.25) is 4.79 Å². The lowest BCUT2D eigenvalue weighted by atomic mass is 10.3. The van der Waals surface area contributed by atoms with Crippen molar-refractivity contribution in [1.29, 1.82) is 0 Å². The minimum absolute atomic E-state index is 0.136. The van der Waals surface area contributed by atoms with Gasteiger partial charge in [-0.25, -0.2) is 15.0 Å². The zero-order valence-electron chi connectivity index (χ0n) is 12.7. The van der Waals surface area contributed by atoms with Crippen LogP contribution in [0.4, 0.5) is 5.95 Å². The van der Waals surface area contributed by atoms with Crippen LogP contribution in [-0.2, 0) is 11.2 Å². The van der Waals surface area contributed by atoms with Crippen molar-refractivity contribution in [2.75, 3.05) is 12.3 Å². The van der Waals surface area contributed by atoms with Crippen LogP contribution >= 0.6 is 11.3 Å². The summed E-state index contributed by atoms with van der Waals surface area (Å²) in [7, 11) is 0. The van der Waals surface area contributed by atoms with Gasteiger partial charge in [0.05, 0.1) is 10.7 Å². The summed E-state index contributed by atoms with van der Waals surface area (Å²) >= 11 is 1.72. The zero-order chi connectivity index (χ0) is 15.9. The third-order valence-electron chi connectivity index (χ3n) is 3.06. The molecule has 0 radical (unpaired) electrons. The van der Waals surface area contributed by atoms with E-state index in [0.29, 0.717) is 6.54 Å². The van der Waals surface area contributed by atoms with E-state index < -0.39 is 0 Å². The Kier molecular flexibility index (Phi) is 5.60. The molecule has 0 aromatic carbocycles. The summed E-state index contributed by atoms with van der Waals surface area (Å²) in [6.45, 7) is 4.71. The third-order valence-corrected chi connectivity index (χ3v) is 4.19. The molecule has 0 saturated carbocycles. The number of aromatic nitrogens is 3.